The van der Waals surface area contributed by atoms with E-state index in [0.717, 1.165) is 11.4 Å². The van der Waals surface area contributed by atoms with E-state index in [1.54, 1.807) is 39.5 Å². The summed E-state index contributed by atoms with van der Waals surface area (Å²) in [6, 6.07) is 10.9. The Kier molecular flexibility index (Phi) is 5.62. The Hall–Kier alpha value is -2.96. The van der Waals surface area contributed by atoms with Crippen LogP contribution in [0.2, 0.25) is 0 Å². The van der Waals surface area contributed by atoms with Crippen molar-refractivity contribution in [3.8, 4) is 17.4 Å². The molecule has 1 aromatic carbocycles. The molecule has 0 saturated carbocycles. The highest BCUT2D eigenvalue weighted by Gasteiger charge is 2.05. The smallest absolute Gasteiger partial charge is 0.213 e. The van der Waals surface area contributed by atoms with Gasteiger partial charge in [0.05, 0.1) is 33.6 Å². The van der Waals surface area contributed by atoms with Crippen LogP contribution in [0.25, 0.3) is 0 Å². The summed E-state index contributed by atoms with van der Waals surface area (Å²) in [7, 11) is 4.73. The van der Waals surface area contributed by atoms with E-state index in [0.29, 0.717) is 23.9 Å². The number of aliphatic imine (C=N–C) groups is 1. The fourth-order valence-electron chi connectivity index (χ4n) is 1.93. The molecular weight excluding hydrogens is 296 g/mol. The number of nitrogens with one attached hydrogen (secondary N) is 1. The van der Waals surface area contributed by atoms with E-state index < -0.39 is 0 Å². The van der Waals surface area contributed by atoms with Gasteiger partial charge >= 0.3 is 0 Å². The molecule has 7 heteroatoms. The van der Waals surface area contributed by atoms with Gasteiger partial charge in [-0.25, -0.2) is 9.98 Å². The Balaban J connectivity index is 2.04. The molecule has 3 N–H and O–H groups in total. The van der Waals surface area contributed by atoms with Crippen molar-refractivity contribution >= 4 is 11.6 Å². The molecule has 1 heterocycles. The van der Waals surface area contributed by atoms with Crippen LogP contribution in [-0.4, -0.2) is 32.3 Å². The first-order chi connectivity index (χ1) is 11.2. The van der Waals surface area contributed by atoms with Crippen LogP contribution in [0.1, 0.15) is 5.69 Å². The highest BCUT2D eigenvalue weighted by atomic mass is 16.5. The summed E-state index contributed by atoms with van der Waals surface area (Å²) in [4.78, 5) is 8.53. The van der Waals surface area contributed by atoms with Crippen molar-refractivity contribution in [2.75, 3.05) is 26.6 Å². The third kappa shape index (κ3) is 4.50. The molecule has 0 aliphatic carbocycles. The zero-order chi connectivity index (χ0) is 16.7. The standard InChI is InChI=1S/C16H20N4O3/c1-21-13-8-7-11(9-14(13)22-2)20-16(17)18-10-12-5-4-6-15(19-12)23-3/h4-9H,10H2,1-3H3,(H3,17,18,20). The minimum absolute atomic E-state index is 0.279. The largest absolute Gasteiger partial charge is 0.493 e. The average Bonchev–Trinajstić information content (AvgIpc) is 2.60. The summed E-state index contributed by atoms with van der Waals surface area (Å²) < 4.78 is 15.5. The number of rotatable bonds is 6. The lowest BCUT2D eigenvalue weighted by Crippen LogP contribution is -2.22. The molecule has 122 valence electrons. The van der Waals surface area contributed by atoms with Crippen molar-refractivity contribution in [2.24, 2.45) is 10.7 Å². The number of ether oxygens (including phenoxy) is 3. The monoisotopic (exact) mass is 316 g/mol. The molecule has 0 amide bonds. The molecule has 0 spiro atoms. The van der Waals surface area contributed by atoms with E-state index in [1.807, 2.05) is 18.2 Å². The lowest BCUT2D eigenvalue weighted by atomic mass is 10.3. The summed E-state index contributed by atoms with van der Waals surface area (Å²) >= 11 is 0. The second kappa shape index (κ2) is 7.88. The van der Waals surface area contributed by atoms with Crippen LogP contribution in [0.15, 0.2) is 41.4 Å². The molecule has 0 unspecified atom stereocenters. The van der Waals surface area contributed by atoms with E-state index in [-0.39, 0.29) is 5.96 Å². The minimum Gasteiger partial charge on any atom is -0.493 e. The number of nitrogens with zero attached hydrogens (tertiary/aromatic N) is 2. The molecule has 2 aromatic rings. The maximum atomic E-state index is 5.89. The van der Waals surface area contributed by atoms with Gasteiger partial charge in [0.2, 0.25) is 5.88 Å². The molecule has 7 nitrogen and oxygen atoms in total. The second-order valence-electron chi connectivity index (χ2n) is 4.57. The van der Waals surface area contributed by atoms with E-state index in [2.05, 4.69) is 15.3 Å². The molecule has 0 fully saturated rings. The quantitative estimate of drug-likeness (QED) is 0.626. The van der Waals surface area contributed by atoms with Crippen molar-refractivity contribution in [2.45, 2.75) is 6.54 Å². The fourth-order valence-corrected chi connectivity index (χ4v) is 1.93. The van der Waals surface area contributed by atoms with Crippen molar-refractivity contribution < 1.29 is 14.2 Å². The van der Waals surface area contributed by atoms with Gasteiger partial charge in [-0.2, -0.15) is 0 Å². The number of benzene rings is 1. The summed E-state index contributed by atoms with van der Waals surface area (Å²) in [6.07, 6.45) is 0. The molecule has 0 bridgehead atoms. The van der Waals surface area contributed by atoms with E-state index >= 15 is 0 Å². The van der Waals surface area contributed by atoms with Crippen LogP contribution < -0.4 is 25.3 Å². The Morgan fingerprint density at radius 3 is 2.57 bits per heavy atom. The molecule has 23 heavy (non-hydrogen) atoms. The summed E-state index contributed by atoms with van der Waals surface area (Å²) in [5, 5.41) is 3.00. The number of guanidine groups is 1. The van der Waals surface area contributed by atoms with Crippen molar-refractivity contribution in [1.29, 1.82) is 0 Å². The fraction of sp³-hybridized carbons (Fsp3) is 0.250. The summed E-state index contributed by atoms with van der Waals surface area (Å²) in [5.74, 6) is 2.08. The van der Waals surface area contributed by atoms with Crippen LogP contribution in [-0.2, 0) is 6.54 Å². The zero-order valence-corrected chi connectivity index (χ0v) is 13.4. The molecule has 2 rings (SSSR count). The van der Waals surface area contributed by atoms with Crippen LogP contribution >= 0.6 is 0 Å². The number of methoxy groups -OCH3 is 3. The van der Waals surface area contributed by atoms with Crippen molar-refractivity contribution in [3.05, 3.63) is 42.1 Å². The predicted molar refractivity (Wildman–Crippen MR) is 89.3 cm³/mol. The molecule has 0 radical (unpaired) electrons. The first-order valence-electron chi connectivity index (χ1n) is 6.95. The Bertz CT molecular complexity index is 689. The normalized spacial score (nSPS) is 11.0. The maximum Gasteiger partial charge on any atom is 0.213 e. The van der Waals surface area contributed by atoms with Crippen molar-refractivity contribution in [3.63, 3.8) is 0 Å². The molecule has 0 aliphatic rings. The van der Waals surface area contributed by atoms with Gasteiger partial charge in [0, 0.05) is 17.8 Å². The van der Waals surface area contributed by atoms with Gasteiger partial charge < -0.3 is 25.3 Å². The Morgan fingerprint density at radius 2 is 1.87 bits per heavy atom. The molecular formula is C16H20N4O3. The van der Waals surface area contributed by atoms with Crippen LogP contribution in [0.3, 0.4) is 0 Å². The number of aromatic nitrogens is 1. The van der Waals surface area contributed by atoms with Gasteiger partial charge in [-0.3, -0.25) is 0 Å². The summed E-state index contributed by atoms with van der Waals surface area (Å²) in [6.45, 7) is 0.351. The zero-order valence-electron chi connectivity index (χ0n) is 13.4. The lowest BCUT2D eigenvalue weighted by Gasteiger charge is -2.11. The maximum absolute atomic E-state index is 5.89. The van der Waals surface area contributed by atoms with E-state index in [1.165, 1.54) is 0 Å². The molecule has 1 aromatic heterocycles. The number of anilines is 1. The van der Waals surface area contributed by atoms with Crippen LogP contribution in [0, 0.1) is 0 Å². The van der Waals surface area contributed by atoms with Gasteiger partial charge in [-0.1, -0.05) is 6.07 Å². The Labute approximate surface area is 135 Å². The Morgan fingerprint density at radius 1 is 1.09 bits per heavy atom. The second-order valence-corrected chi connectivity index (χ2v) is 4.57. The predicted octanol–water partition coefficient (Wildman–Crippen LogP) is 2.03. The topological polar surface area (TPSA) is 91.0 Å². The molecule has 0 saturated heterocycles. The number of pyridine rings is 1. The van der Waals surface area contributed by atoms with Gasteiger partial charge in [-0.15, -0.1) is 0 Å². The third-order valence-electron chi connectivity index (χ3n) is 3.06. The van der Waals surface area contributed by atoms with Crippen molar-refractivity contribution in [1.82, 2.24) is 4.98 Å². The first kappa shape index (κ1) is 16.4. The SMILES string of the molecule is COc1cccc(CN=C(N)Nc2ccc(OC)c(OC)c2)n1. The lowest BCUT2D eigenvalue weighted by molar-refractivity contribution is 0.355. The van der Waals surface area contributed by atoms with Gasteiger partial charge in [0.1, 0.15) is 0 Å². The average molecular weight is 316 g/mol. The van der Waals surface area contributed by atoms with Gasteiger partial charge in [0.15, 0.2) is 17.5 Å². The number of hydrogen-bond acceptors (Lipinski definition) is 5. The van der Waals surface area contributed by atoms with Gasteiger partial charge in [-0.05, 0) is 18.2 Å². The van der Waals surface area contributed by atoms with Crippen LogP contribution in [0.4, 0.5) is 5.69 Å². The van der Waals surface area contributed by atoms with E-state index in [9.17, 15) is 0 Å². The highest BCUT2D eigenvalue weighted by Crippen LogP contribution is 2.29. The van der Waals surface area contributed by atoms with Gasteiger partial charge in [0.25, 0.3) is 0 Å². The first-order valence-corrected chi connectivity index (χ1v) is 6.95. The van der Waals surface area contributed by atoms with Crippen LogP contribution in [0.5, 0.6) is 17.4 Å². The number of nitrogens with two attached hydrogens (primary N) is 1. The molecule has 0 aliphatic heterocycles. The minimum atomic E-state index is 0.279. The third-order valence-corrected chi connectivity index (χ3v) is 3.06. The molecule has 0 atom stereocenters. The number of hydrogen-bond donors (Lipinski definition) is 2. The van der Waals surface area contributed by atoms with E-state index in [4.69, 9.17) is 19.9 Å². The summed E-state index contributed by atoms with van der Waals surface area (Å²) in [5.41, 5.74) is 7.41. The highest BCUT2D eigenvalue weighted by molar-refractivity contribution is 5.92.